The van der Waals surface area contributed by atoms with Gasteiger partial charge >= 0.3 is 12.1 Å². The van der Waals surface area contributed by atoms with Crippen molar-refractivity contribution in [1.29, 1.82) is 0 Å². The van der Waals surface area contributed by atoms with E-state index in [0.717, 1.165) is 0 Å². The number of nitrogens with zero attached hydrogens (tertiary/aromatic N) is 3. The molecule has 2 heterocycles. The standard InChI is InChI=1S/C15H23N3O5/c1-5-22-13(20)11-12(19)10-9-17(7-6-8-18(10)16-11)14(21)23-15(2,3)4/h19H,5-9H2,1-4H3. The predicted octanol–water partition coefficient (Wildman–Crippen LogP) is 1.91. The summed E-state index contributed by atoms with van der Waals surface area (Å²) in [5.41, 5.74) is -0.300. The van der Waals surface area contributed by atoms with E-state index in [1.165, 1.54) is 4.90 Å². The molecule has 8 nitrogen and oxygen atoms in total. The zero-order valence-electron chi connectivity index (χ0n) is 14.0. The molecule has 0 unspecified atom stereocenters. The van der Waals surface area contributed by atoms with E-state index >= 15 is 0 Å². The first-order chi connectivity index (χ1) is 10.7. The van der Waals surface area contributed by atoms with Gasteiger partial charge in [-0.2, -0.15) is 5.10 Å². The molecule has 0 aliphatic carbocycles. The number of rotatable bonds is 2. The highest BCUT2D eigenvalue weighted by Crippen LogP contribution is 2.27. The monoisotopic (exact) mass is 325 g/mol. The maximum atomic E-state index is 12.2. The van der Waals surface area contributed by atoms with E-state index < -0.39 is 17.7 Å². The largest absolute Gasteiger partial charge is 0.504 e. The summed E-state index contributed by atoms with van der Waals surface area (Å²) in [5.74, 6) is -0.909. The number of hydrogen-bond donors (Lipinski definition) is 1. The summed E-state index contributed by atoms with van der Waals surface area (Å²) in [4.78, 5) is 25.5. The molecule has 2 rings (SSSR count). The number of carbonyl (C=O) groups is 2. The van der Waals surface area contributed by atoms with Crippen LogP contribution in [0.2, 0.25) is 0 Å². The van der Waals surface area contributed by atoms with E-state index in [1.807, 2.05) is 0 Å². The number of aryl methyl sites for hydroxylation is 1. The van der Waals surface area contributed by atoms with Crippen molar-refractivity contribution in [1.82, 2.24) is 14.7 Å². The van der Waals surface area contributed by atoms with Crippen LogP contribution in [0, 0.1) is 0 Å². The van der Waals surface area contributed by atoms with Crippen molar-refractivity contribution in [2.24, 2.45) is 0 Å². The minimum absolute atomic E-state index is 0.118. The summed E-state index contributed by atoms with van der Waals surface area (Å²) < 4.78 is 11.8. The number of hydrogen-bond acceptors (Lipinski definition) is 6. The minimum atomic E-state index is -0.672. The maximum absolute atomic E-state index is 12.2. The third kappa shape index (κ3) is 3.94. The van der Waals surface area contributed by atoms with Gasteiger partial charge in [-0.3, -0.25) is 4.68 Å². The van der Waals surface area contributed by atoms with E-state index in [1.54, 1.807) is 32.4 Å². The van der Waals surface area contributed by atoms with Gasteiger partial charge in [0.15, 0.2) is 5.75 Å². The first kappa shape index (κ1) is 17.1. The normalized spacial score (nSPS) is 14.9. The SMILES string of the molecule is CCOC(=O)c1nn2c(c1O)CN(C(=O)OC(C)(C)C)CCC2. The Labute approximate surface area is 135 Å². The molecule has 1 aliphatic heterocycles. The van der Waals surface area contributed by atoms with Gasteiger partial charge in [-0.05, 0) is 34.1 Å². The van der Waals surface area contributed by atoms with Crippen LogP contribution in [0.3, 0.4) is 0 Å². The Balaban J connectivity index is 2.22. The first-order valence-corrected chi connectivity index (χ1v) is 7.66. The fourth-order valence-electron chi connectivity index (χ4n) is 2.32. The van der Waals surface area contributed by atoms with Crippen molar-refractivity contribution in [3.05, 3.63) is 11.4 Å². The van der Waals surface area contributed by atoms with Crippen LogP contribution in [0.4, 0.5) is 4.79 Å². The van der Waals surface area contributed by atoms with E-state index in [2.05, 4.69) is 5.10 Å². The van der Waals surface area contributed by atoms with Crippen molar-refractivity contribution in [2.45, 2.75) is 52.8 Å². The number of aromatic nitrogens is 2. The van der Waals surface area contributed by atoms with Crippen molar-refractivity contribution in [3.8, 4) is 5.75 Å². The Morgan fingerprint density at radius 2 is 2.00 bits per heavy atom. The molecule has 0 spiro atoms. The zero-order valence-corrected chi connectivity index (χ0v) is 14.0. The van der Waals surface area contributed by atoms with Crippen molar-refractivity contribution in [2.75, 3.05) is 13.2 Å². The Kier molecular flexibility index (Phi) is 4.82. The summed E-state index contributed by atoms with van der Waals surface area (Å²) in [6, 6.07) is 0. The highest BCUT2D eigenvalue weighted by atomic mass is 16.6. The topological polar surface area (TPSA) is 93.9 Å². The lowest BCUT2D eigenvalue weighted by atomic mass is 10.2. The molecule has 1 amide bonds. The van der Waals surface area contributed by atoms with Gasteiger partial charge < -0.3 is 19.5 Å². The molecule has 23 heavy (non-hydrogen) atoms. The molecule has 0 fully saturated rings. The van der Waals surface area contributed by atoms with Crippen LogP contribution in [0.25, 0.3) is 0 Å². The van der Waals surface area contributed by atoms with Crippen LogP contribution in [0.1, 0.15) is 50.3 Å². The third-order valence-corrected chi connectivity index (χ3v) is 3.29. The van der Waals surface area contributed by atoms with Crippen LogP contribution >= 0.6 is 0 Å². The van der Waals surface area contributed by atoms with Gasteiger partial charge in [-0.15, -0.1) is 0 Å². The third-order valence-electron chi connectivity index (χ3n) is 3.29. The van der Waals surface area contributed by atoms with Crippen molar-refractivity contribution in [3.63, 3.8) is 0 Å². The zero-order chi connectivity index (χ0) is 17.2. The Morgan fingerprint density at radius 3 is 2.61 bits per heavy atom. The molecule has 0 saturated carbocycles. The molecule has 0 radical (unpaired) electrons. The van der Waals surface area contributed by atoms with Gasteiger partial charge in [-0.25, -0.2) is 9.59 Å². The Hall–Kier alpha value is -2.25. The molecule has 0 atom stereocenters. The minimum Gasteiger partial charge on any atom is -0.504 e. The highest BCUT2D eigenvalue weighted by molar-refractivity contribution is 5.90. The average Bonchev–Trinajstić information content (AvgIpc) is 2.62. The summed E-state index contributed by atoms with van der Waals surface area (Å²) in [7, 11) is 0. The molecule has 0 aromatic carbocycles. The van der Waals surface area contributed by atoms with Gasteiger partial charge in [0, 0.05) is 13.1 Å². The molecule has 1 aromatic heterocycles. The fourth-order valence-corrected chi connectivity index (χ4v) is 2.32. The van der Waals surface area contributed by atoms with Crippen LogP contribution < -0.4 is 0 Å². The Bertz CT molecular complexity index is 603. The molecule has 8 heteroatoms. The second-order valence-electron chi connectivity index (χ2n) is 6.34. The smallest absolute Gasteiger partial charge is 0.410 e. The van der Waals surface area contributed by atoms with Crippen molar-refractivity contribution >= 4 is 12.1 Å². The van der Waals surface area contributed by atoms with Gasteiger partial charge in [0.05, 0.1) is 13.2 Å². The molecule has 128 valence electrons. The molecule has 1 aliphatic rings. The van der Waals surface area contributed by atoms with Crippen LogP contribution in [0.5, 0.6) is 5.75 Å². The molecule has 1 aromatic rings. The second-order valence-corrected chi connectivity index (χ2v) is 6.34. The van der Waals surface area contributed by atoms with Gasteiger partial charge in [0.2, 0.25) is 5.69 Å². The molecule has 1 N–H and O–H groups in total. The molecular weight excluding hydrogens is 302 g/mol. The lowest BCUT2D eigenvalue weighted by Crippen LogP contribution is -2.36. The number of fused-ring (bicyclic) bond motifs is 1. The lowest BCUT2D eigenvalue weighted by molar-refractivity contribution is 0.0236. The quantitative estimate of drug-likeness (QED) is 0.835. The number of ether oxygens (including phenoxy) is 2. The average molecular weight is 325 g/mol. The first-order valence-electron chi connectivity index (χ1n) is 7.66. The van der Waals surface area contributed by atoms with E-state index in [4.69, 9.17) is 9.47 Å². The summed E-state index contributed by atoms with van der Waals surface area (Å²) in [6.45, 7) is 8.39. The predicted molar refractivity (Wildman–Crippen MR) is 81.1 cm³/mol. The van der Waals surface area contributed by atoms with Crippen LogP contribution in [-0.2, 0) is 22.6 Å². The fraction of sp³-hybridized carbons (Fsp3) is 0.667. The van der Waals surface area contributed by atoms with Crippen LogP contribution in [-0.4, -0.2) is 50.6 Å². The molecule has 0 bridgehead atoms. The van der Waals surface area contributed by atoms with Crippen molar-refractivity contribution < 1.29 is 24.2 Å². The Morgan fingerprint density at radius 1 is 1.30 bits per heavy atom. The highest BCUT2D eigenvalue weighted by Gasteiger charge is 2.30. The second kappa shape index (κ2) is 6.47. The number of carbonyl (C=O) groups excluding carboxylic acids is 2. The lowest BCUT2D eigenvalue weighted by Gasteiger charge is -2.26. The molecular formula is C15H23N3O5. The van der Waals surface area contributed by atoms with Gasteiger partial charge in [0.1, 0.15) is 11.3 Å². The van der Waals surface area contributed by atoms with Gasteiger partial charge in [0.25, 0.3) is 0 Å². The summed E-state index contributed by atoms with van der Waals surface area (Å²) >= 11 is 0. The van der Waals surface area contributed by atoms with Crippen LogP contribution in [0.15, 0.2) is 0 Å². The number of esters is 1. The maximum Gasteiger partial charge on any atom is 0.410 e. The number of amides is 1. The number of aromatic hydroxyl groups is 1. The van der Waals surface area contributed by atoms with E-state index in [0.29, 0.717) is 25.2 Å². The summed E-state index contributed by atoms with van der Waals surface area (Å²) in [5, 5.41) is 14.4. The molecule has 0 saturated heterocycles. The summed E-state index contributed by atoms with van der Waals surface area (Å²) in [6.07, 6.45) is 0.194. The van der Waals surface area contributed by atoms with Gasteiger partial charge in [-0.1, -0.05) is 0 Å². The van der Waals surface area contributed by atoms with E-state index in [9.17, 15) is 14.7 Å². The van der Waals surface area contributed by atoms with E-state index in [-0.39, 0.29) is 24.6 Å².